The zero-order valence-electron chi connectivity index (χ0n) is 15.8. The Kier molecular flexibility index (Phi) is 5.90. The minimum absolute atomic E-state index is 0.216. The van der Waals surface area contributed by atoms with Crippen molar-refractivity contribution in [1.82, 2.24) is 0 Å². The summed E-state index contributed by atoms with van der Waals surface area (Å²) in [7, 11) is -4.40. The van der Waals surface area contributed by atoms with Crippen LogP contribution < -0.4 is 9.62 Å². The van der Waals surface area contributed by atoms with Gasteiger partial charge in [-0.05, 0) is 30.7 Å². The van der Waals surface area contributed by atoms with Crippen LogP contribution in [0.4, 0.5) is 30.2 Å². The van der Waals surface area contributed by atoms with Crippen LogP contribution >= 0.6 is 0 Å². The van der Waals surface area contributed by atoms with Gasteiger partial charge < -0.3 is 9.64 Å². The van der Waals surface area contributed by atoms with E-state index in [-0.39, 0.29) is 21.8 Å². The van der Waals surface area contributed by atoms with E-state index in [1.54, 1.807) is 4.90 Å². The molecule has 0 radical (unpaired) electrons. The number of nitro benzene ring substituents is 1. The van der Waals surface area contributed by atoms with E-state index in [9.17, 15) is 31.7 Å². The highest BCUT2D eigenvalue weighted by Gasteiger charge is 2.32. The number of benzene rings is 2. The van der Waals surface area contributed by atoms with Gasteiger partial charge in [0, 0.05) is 25.2 Å². The molecule has 3 rings (SSSR count). The Balaban J connectivity index is 2.07. The third-order valence-electron chi connectivity index (χ3n) is 4.59. The molecule has 8 nitrogen and oxygen atoms in total. The average Bonchev–Trinajstić information content (AvgIpc) is 2.67. The first-order valence-electron chi connectivity index (χ1n) is 8.81. The van der Waals surface area contributed by atoms with Crippen LogP contribution in [0.3, 0.4) is 0 Å². The molecular formula is C18H18F3N3O5S. The molecule has 162 valence electrons. The van der Waals surface area contributed by atoms with Crippen LogP contribution in [0.2, 0.25) is 0 Å². The van der Waals surface area contributed by atoms with Gasteiger partial charge in [0.1, 0.15) is 0 Å². The molecule has 1 aliphatic heterocycles. The third-order valence-corrected chi connectivity index (χ3v) is 6.10. The first-order chi connectivity index (χ1) is 14.0. The van der Waals surface area contributed by atoms with Gasteiger partial charge in [0.15, 0.2) is 0 Å². The summed E-state index contributed by atoms with van der Waals surface area (Å²) in [6.07, 6.45) is -4.68. The predicted molar refractivity (Wildman–Crippen MR) is 103 cm³/mol. The lowest BCUT2D eigenvalue weighted by Gasteiger charge is -2.31. The van der Waals surface area contributed by atoms with Crippen LogP contribution in [0.15, 0.2) is 41.3 Å². The number of nitro groups is 1. The normalized spacial score (nSPS) is 15.1. The van der Waals surface area contributed by atoms with Crippen molar-refractivity contribution in [3.8, 4) is 0 Å². The molecule has 0 saturated carbocycles. The fourth-order valence-electron chi connectivity index (χ4n) is 3.07. The largest absolute Gasteiger partial charge is 0.416 e. The van der Waals surface area contributed by atoms with Crippen molar-refractivity contribution in [2.24, 2.45) is 0 Å². The van der Waals surface area contributed by atoms with Gasteiger partial charge in [-0.2, -0.15) is 13.2 Å². The summed E-state index contributed by atoms with van der Waals surface area (Å²) in [5.41, 5.74) is -1.25. The topological polar surface area (TPSA) is 102 Å². The molecule has 30 heavy (non-hydrogen) atoms. The number of sulfonamides is 1. The molecule has 1 N–H and O–H groups in total. The number of halogens is 3. The zero-order valence-corrected chi connectivity index (χ0v) is 16.6. The summed E-state index contributed by atoms with van der Waals surface area (Å²) in [4.78, 5) is 11.6. The molecule has 1 fully saturated rings. The van der Waals surface area contributed by atoms with Gasteiger partial charge in [0.25, 0.3) is 15.7 Å². The number of ether oxygens (including phenoxy) is 1. The van der Waals surface area contributed by atoms with E-state index in [1.807, 2.05) is 0 Å². The quantitative estimate of drug-likeness (QED) is 0.558. The summed E-state index contributed by atoms with van der Waals surface area (Å²) in [6.45, 7) is 2.87. The third kappa shape index (κ3) is 4.65. The molecule has 0 atom stereocenters. The van der Waals surface area contributed by atoms with Crippen molar-refractivity contribution in [2.75, 3.05) is 35.9 Å². The Morgan fingerprint density at radius 1 is 1.13 bits per heavy atom. The highest BCUT2D eigenvalue weighted by Crippen LogP contribution is 2.37. The Labute approximate surface area is 170 Å². The summed E-state index contributed by atoms with van der Waals surface area (Å²) in [5, 5.41) is 11.0. The first kappa shape index (κ1) is 21.8. The Morgan fingerprint density at radius 2 is 1.80 bits per heavy atom. The molecule has 1 saturated heterocycles. The van der Waals surface area contributed by atoms with E-state index in [4.69, 9.17) is 4.74 Å². The second-order valence-corrected chi connectivity index (χ2v) is 8.29. The molecule has 0 amide bonds. The van der Waals surface area contributed by atoms with Crippen LogP contribution in [0.25, 0.3) is 0 Å². The highest BCUT2D eigenvalue weighted by atomic mass is 32.2. The first-order valence-corrected chi connectivity index (χ1v) is 10.3. The molecule has 0 spiro atoms. The van der Waals surface area contributed by atoms with Gasteiger partial charge in [-0.15, -0.1) is 0 Å². The molecule has 12 heteroatoms. The second-order valence-electron chi connectivity index (χ2n) is 6.64. The van der Waals surface area contributed by atoms with E-state index in [1.165, 1.54) is 19.1 Å². The van der Waals surface area contributed by atoms with E-state index in [2.05, 4.69) is 4.72 Å². The molecule has 2 aromatic rings. The van der Waals surface area contributed by atoms with Crippen LogP contribution in [0.5, 0.6) is 0 Å². The number of anilines is 2. The van der Waals surface area contributed by atoms with Gasteiger partial charge >= 0.3 is 6.18 Å². The van der Waals surface area contributed by atoms with Crippen molar-refractivity contribution in [1.29, 1.82) is 0 Å². The van der Waals surface area contributed by atoms with E-state index in [0.717, 1.165) is 24.3 Å². The van der Waals surface area contributed by atoms with Gasteiger partial charge in [0.2, 0.25) is 0 Å². The lowest BCUT2D eigenvalue weighted by molar-refractivity contribution is -0.385. The number of alkyl halides is 3. The minimum atomic E-state index is -4.68. The molecule has 1 aliphatic rings. The second kappa shape index (κ2) is 8.11. The summed E-state index contributed by atoms with van der Waals surface area (Å²) >= 11 is 0. The lowest BCUT2D eigenvalue weighted by atomic mass is 10.1. The highest BCUT2D eigenvalue weighted by molar-refractivity contribution is 7.92. The fraction of sp³-hybridized carbons (Fsp3) is 0.333. The Morgan fingerprint density at radius 3 is 2.40 bits per heavy atom. The molecule has 0 aliphatic carbocycles. The van der Waals surface area contributed by atoms with Crippen molar-refractivity contribution in [3.63, 3.8) is 0 Å². The molecule has 2 aromatic carbocycles. The summed E-state index contributed by atoms with van der Waals surface area (Å²) < 4.78 is 72.9. The zero-order chi connectivity index (χ0) is 22.1. The number of morpholine rings is 1. The minimum Gasteiger partial charge on any atom is -0.378 e. The number of rotatable bonds is 5. The number of hydrogen-bond acceptors (Lipinski definition) is 6. The van der Waals surface area contributed by atoms with Crippen LogP contribution in [-0.4, -0.2) is 39.6 Å². The number of nitrogens with zero attached hydrogens (tertiary/aromatic N) is 2. The Bertz CT molecular complexity index is 1070. The predicted octanol–water partition coefficient (Wildman–Crippen LogP) is 3.56. The number of nitrogens with one attached hydrogen (secondary N) is 1. The monoisotopic (exact) mass is 445 g/mol. The smallest absolute Gasteiger partial charge is 0.378 e. The van der Waals surface area contributed by atoms with Crippen molar-refractivity contribution in [3.05, 3.63) is 57.6 Å². The average molecular weight is 445 g/mol. The molecule has 1 heterocycles. The molecular weight excluding hydrogens is 427 g/mol. The van der Waals surface area contributed by atoms with Crippen molar-refractivity contribution < 1.29 is 31.2 Å². The summed E-state index contributed by atoms with van der Waals surface area (Å²) in [5.74, 6) is 0. The van der Waals surface area contributed by atoms with Crippen LogP contribution in [0, 0.1) is 17.0 Å². The van der Waals surface area contributed by atoms with Gasteiger partial charge in [0.05, 0.1) is 40.0 Å². The Hall–Kier alpha value is -2.86. The summed E-state index contributed by atoms with van der Waals surface area (Å²) in [6, 6.07) is 6.09. The van der Waals surface area contributed by atoms with Gasteiger partial charge in [-0.25, -0.2) is 8.42 Å². The SMILES string of the molecule is Cc1ccc([N+](=O)[O-])cc1S(=O)(=O)Nc1cc(C(F)(F)F)ccc1N1CCOCC1. The number of aryl methyl sites for hydroxylation is 1. The number of non-ortho nitro benzene ring substituents is 1. The van der Waals surface area contributed by atoms with Gasteiger partial charge in [-0.1, -0.05) is 6.07 Å². The maximum Gasteiger partial charge on any atom is 0.416 e. The maximum atomic E-state index is 13.2. The van der Waals surface area contributed by atoms with Gasteiger partial charge in [-0.3, -0.25) is 14.8 Å². The van der Waals surface area contributed by atoms with E-state index in [0.29, 0.717) is 26.3 Å². The molecule has 0 aromatic heterocycles. The van der Waals surface area contributed by atoms with Crippen molar-refractivity contribution in [2.45, 2.75) is 18.0 Å². The van der Waals surface area contributed by atoms with Crippen LogP contribution in [-0.2, 0) is 20.9 Å². The standard InChI is InChI=1S/C18H18F3N3O5S/c1-12-2-4-14(24(25)26)11-17(12)30(27,28)22-15-10-13(18(19,20)21)3-5-16(15)23-6-8-29-9-7-23/h2-5,10-11,22H,6-9H2,1H3. The maximum absolute atomic E-state index is 13.2. The van der Waals surface area contributed by atoms with E-state index >= 15 is 0 Å². The molecule has 0 unspecified atom stereocenters. The van der Waals surface area contributed by atoms with Crippen molar-refractivity contribution >= 4 is 27.1 Å². The lowest BCUT2D eigenvalue weighted by Crippen LogP contribution is -2.36. The fourth-order valence-corrected chi connectivity index (χ4v) is 4.40. The number of hydrogen-bond donors (Lipinski definition) is 1. The van der Waals surface area contributed by atoms with Crippen LogP contribution in [0.1, 0.15) is 11.1 Å². The molecule has 0 bridgehead atoms. The van der Waals surface area contributed by atoms with E-state index < -0.39 is 32.4 Å².